The van der Waals surface area contributed by atoms with Gasteiger partial charge in [0.25, 0.3) is 0 Å². The molecule has 2 nitrogen and oxygen atoms in total. The van der Waals surface area contributed by atoms with Gasteiger partial charge in [-0.3, -0.25) is 0 Å². The van der Waals surface area contributed by atoms with E-state index in [1.54, 1.807) is 0 Å². The van der Waals surface area contributed by atoms with Gasteiger partial charge in [-0.15, -0.1) is 0 Å². The third kappa shape index (κ3) is 1.80. The molecule has 2 unspecified atom stereocenters. The van der Waals surface area contributed by atoms with E-state index in [-0.39, 0.29) is 0 Å². The fourth-order valence-corrected chi connectivity index (χ4v) is 2.05. The summed E-state index contributed by atoms with van der Waals surface area (Å²) >= 11 is 0. The number of rotatable bonds is 4. The van der Waals surface area contributed by atoms with Gasteiger partial charge >= 0.3 is 0 Å². The molecule has 1 aliphatic heterocycles. The van der Waals surface area contributed by atoms with Crippen molar-refractivity contribution in [3.05, 3.63) is 0 Å². The highest BCUT2D eigenvalue weighted by Crippen LogP contribution is 2.38. The van der Waals surface area contributed by atoms with E-state index in [1.807, 2.05) is 0 Å². The summed E-state index contributed by atoms with van der Waals surface area (Å²) in [6, 6.07) is 0. The summed E-state index contributed by atoms with van der Waals surface area (Å²) in [5.74, 6) is 0. The van der Waals surface area contributed by atoms with Crippen LogP contribution in [0.15, 0.2) is 0 Å². The van der Waals surface area contributed by atoms with Gasteiger partial charge in [0.1, 0.15) is 0 Å². The second-order valence-electron chi connectivity index (χ2n) is 3.93. The summed E-state index contributed by atoms with van der Waals surface area (Å²) in [5, 5.41) is 0. The normalized spacial score (nSPS) is 35.8. The minimum atomic E-state index is 0.302. The first-order chi connectivity index (χ1) is 5.75. The molecule has 1 fully saturated rings. The van der Waals surface area contributed by atoms with Crippen molar-refractivity contribution >= 4 is 0 Å². The van der Waals surface area contributed by atoms with E-state index in [2.05, 4.69) is 13.8 Å². The summed E-state index contributed by atoms with van der Waals surface area (Å²) in [5.41, 5.74) is 6.12. The molecule has 0 bridgehead atoms. The van der Waals surface area contributed by atoms with Gasteiger partial charge in [0.05, 0.1) is 6.10 Å². The summed E-state index contributed by atoms with van der Waals surface area (Å²) in [4.78, 5) is 0. The van der Waals surface area contributed by atoms with E-state index < -0.39 is 0 Å². The van der Waals surface area contributed by atoms with Gasteiger partial charge in [-0.1, -0.05) is 19.8 Å². The summed E-state index contributed by atoms with van der Waals surface area (Å²) in [6.07, 6.45) is 5.31. The smallest absolute Gasteiger partial charge is 0.0616 e. The molecule has 0 spiro atoms. The van der Waals surface area contributed by atoms with Crippen molar-refractivity contribution in [2.45, 2.75) is 45.6 Å². The molecular weight excluding hydrogens is 150 g/mol. The van der Waals surface area contributed by atoms with Gasteiger partial charge in [-0.25, -0.2) is 0 Å². The Morgan fingerprint density at radius 2 is 2.33 bits per heavy atom. The lowest BCUT2D eigenvalue weighted by Gasteiger charge is -2.30. The molecule has 2 heteroatoms. The average Bonchev–Trinajstić information content (AvgIpc) is 2.45. The first-order valence-electron chi connectivity index (χ1n) is 5.07. The maximum atomic E-state index is 5.82. The number of unbranched alkanes of at least 4 members (excludes halogenated alkanes) is 1. The number of hydrogen-bond acceptors (Lipinski definition) is 2. The predicted octanol–water partition coefficient (Wildman–Crippen LogP) is 1.93. The van der Waals surface area contributed by atoms with Crippen LogP contribution >= 0.6 is 0 Å². The molecule has 1 heterocycles. The topological polar surface area (TPSA) is 35.2 Å². The second-order valence-corrected chi connectivity index (χ2v) is 3.93. The standard InChI is InChI=1S/C10H21NO/c1-3-4-5-10(8-11)6-7-12-9(10)2/h9H,3-8,11H2,1-2H3. The van der Waals surface area contributed by atoms with E-state index >= 15 is 0 Å². The summed E-state index contributed by atoms with van der Waals surface area (Å²) < 4.78 is 5.58. The lowest BCUT2D eigenvalue weighted by Crippen LogP contribution is -2.36. The van der Waals surface area contributed by atoms with Crippen LogP contribution < -0.4 is 5.73 Å². The molecule has 72 valence electrons. The minimum Gasteiger partial charge on any atom is -0.378 e. The highest BCUT2D eigenvalue weighted by atomic mass is 16.5. The molecule has 0 aromatic carbocycles. The van der Waals surface area contributed by atoms with Crippen LogP contribution in [0.2, 0.25) is 0 Å². The first-order valence-corrected chi connectivity index (χ1v) is 5.07. The maximum absolute atomic E-state index is 5.82. The van der Waals surface area contributed by atoms with Gasteiger partial charge in [0.15, 0.2) is 0 Å². The Kier molecular flexibility index (Phi) is 3.53. The molecule has 1 rings (SSSR count). The van der Waals surface area contributed by atoms with Crippen LogP contribution in [0.4, 0.5) is 0 Å². The Bertz CT molecular complexity index is 138. The van der Waals surface area contributed by atoms with Crippen molar-refractivity contribution in [2.75, 3.05) is 13.2 Å². The Morgan fingerprint density at radius 1 is 1.58 bits per heavy atom. The lowest BCUT2D eigenvalue weighted by molar-refractivity contribution is 0.0618. The van der Waals surface area contributed by atoms with E-state index in [9.17, 15) is 0 Å². The molecule has 0 amide bonds. The quantitative estimate of drug-likeness (QED) is 0.701. The number of ether oxygens (including phenoxy) is 1. The number of nitrogens with two attached hydrogens (primary N) is 1. The zero-order valence-corrected chi connectivity index (χ0v) is 8.31. The Labute approximate surface area is 75.5 Å². The SMILES string of the molecule is CCCCC1(CN)CCOC1C. The Hall–Kier alpha value is -0.0800. The van der Waals surface area contributed by atoms with E-state index in [1.165, 1.54) is 19.3 Å². The zero-order chi connectivity index (χ0) is 9.03. The van der Waals surface area contributed by atoms with E-state index in [4.69, 9.17) is 10.5 Å². The molecule has 1 aliphatic rings. The molecule has 2 N–H and O–H groups in total. The highest BCUT2D eigenvalue weighted by Gasteiger charge is 2.39. The molecule has 0 aromatic heterocycles. The molecule has 0 radical (unpaired) electrons. The van der Waals surface area contributed by atoms with Gasteiger partial charge in [0.2, 0.25) is 0 Å². The Morgan fingerprint density at radius 3 is 2.75 bits per heavy atom. The molecule has 0 aliphatic carbocycles. The van der Waals surface area contributed by atoms with E-state index in [0.717, 1.165) is 19.6 Å². The average molecular weight is 171 g/mol. The Balaban J connectivity index is 2.49. The monoisotopic (exact) mass is 171 g/mol. The largest absolute Gasteiger partial charge is 0.378 e. The zero-order valence-electron chi connectivity index (χ0n) is 8.31. The fraction of sp³-hybridized carbons (Fsp3) is 1.00. The summed E-state index contributed by atoms with van der Waals surface area (Å²) in [6.45, 7) is 6.08. The van der Waals surface area contributed by atoms with Crippen molar-refractivity contribution in [2.24, 2.45) is 11.1 Å². The fourth-order valence-electron chi connectivity index (χ4n) is 2.05. The van der Waals surface area contributed by atoms with Gasteiger partial charge < -0.3 is 10.5 Å². The van der Waals surface area contributed by atoms with Gasteiger partial charge in [0, 0.05) is 18.6 Å². The van der Waals surface area contributed by atoms with Crippen LogP contribution in [0, 0.1) is 5.41 Å². The van der Waals surface area contributed by atoms with Gasteiger partial charge in [-0.05, 0) is 19.8 Å². The van der Waals surface area contributed by atoms with Crippen LogP contribution in [0.5, 0.6) is 0 Å². The molecule has 0 aromatic rings. The van der Waals surface area contributed by atoms with Crippen LogP contribution in [0.25, 0.3) is 0 Å². The van der Waals surface area contributed by atoms with E-state index in [0.29, 0.717) is 11.5 Å². The van der Waals surface area contributed by atoms with Crippen molar-refractivity contribution < 1.29 is 4.74 Å². The molecule has 12 heavy (non-hydrogen) atoms. The lowest BCUT2D eigenvalue weighted by atomic mass is 9.77. The number of hydrogen-bond donors (Lipinski definition) is 1. The molecular formula is C10H21NO. The van der Waals surface area contributed by atoms with Crippen molar-refractivity contribution in [3.8, 4) is 0 Å². The minimum absolute atomic E-state index is 0.302. The third-order valence-corrected chi connectivity index (χ3v) is 3.26. The van der Waals surface area contributed by atoms with Crippen LogP contribution in [-0.4, -0.2) is 19.3 Å². The van der Waals surface area contributed by atoms with Gasteiger partial charge in [-0.2, -0.15) is 0 Å². The van der Waals surface area contributed by atoms with Crippen LogP contribution in [0.3, 0.4) is 0 Å². The maximum Gasteiger partial charge on any atom is 0.0616 e. The first kappa shape index (κ1) is 10.0. The van der Waals surface area contributed by atoms with Crippen molar-refractivity contribution in [3.63, 3.8) is 0 Å². The third-order valence-electron chi connectivity index (χ3n) is 3.26. The van der Waals surface area contributed by atoms with Crippen molar-refractivity contribution in [1.82, 2.24) is 0 Å². The van der Waals surface area contributed by atoms with Crippen molar-refractivity contribution in [1.29, 1.82) is 0 Å². The second kappa shape index (κ2) is 4.24. The van der Waals surface area contributed by atoms with Crippen LogP contribution in [0.1, 0.15) is 39.5 Å². The molecule has 0 saturated carbocycles. The molecule has 1 saturated heterocycles. The highest BCUT2D eigenvalue weighted by molar-refractivity contribution is 4.90. The summed E-state index contributed by atoms with van der Waals surface area (Å²) in [7, 11) is 0. The molecule has 2 atom stereocenters. The van der Waals surface area contributed by atoms with Crippen LogP contribution in [-0.2, 0) is 4.74 Å². The predicted molar refractivity (Wildman–Crippen MR) is 51.0 cm³/mol.